The van der Waals surface area contributed by atoms with Crippen molar-refractivity contribution in [3.63, 3.8) is 0 Å². The lowest BCUT2D eigenvalue weighted by atomic mass is 10.1. The van der Waals surface area contributed by atoms with Crippen LogP contribution in [0.1, 0.15) is 78.1 Å². The molecule has 0 atom stereocenters. The fraction of sp³-hybridized carbons (Fsp3) is 1.00. The van der Waals surface area contributed by atoms with Crippen LogP contribution in [0.25, 0.3) is 0 Å². The second kappa shape index (κ2) is 129. The third-order valence-electron chi connectivity index (χ3n) is 17.4. The van der Waals surface area contributed by atoms with Crippen LogP contribution in [-0.2, 0) is 189 Å². The van der Waals surface area contributed by atoms with Gasteiger partial charge in [-0.2, -0.15) is 0 Å². The first-order valence-electron chi connectivity index (χ1n) is 49.0. The predicted molar refractivity (Wildman–Crippen MR) is 490 cm³/mol. The fourth-order valence-electron chi connectivity index (χ4n) is 10.4. The van der Waals surface area contributed by atoms with Crippen molar-refractivity contribution in [2.24, 2.45) is 0 Å². The third-order valence-corrected chi connectivity index (χ3v) is 17.4. The van der Waals surface area contributed by atoms with Crippen LogP contribution < -0.4 is 0 Å². The highest BCUT2D eigenvalue weighted by molar-refractivity contribution is 4.51. The smallest absolute Gasteiger partial charge is 0.0701 e. The van der Waals surface area contributed by atoms with Crippen molar-refractivity contribution in [2.75, 3.05) is 529 Å². The maximum absolute atomic E-state index is 5.67. The van der Waals surface area contributed by atoms with E-state index in [1.54, 1.807) is 0 Å². The molecule has 0 aromatic rings. The lowest BCUT2D eigenvalue weighted by Crippen LogP contribution is -2.16. The Labute approximate surface area is 792 Å². The highest BCUT2D eigenvalue weighted by Crippen LogP contribution is 2.11. The molecule has 794 valence electrons. The number of rotatable bonds is 129. The SMILES string of the molecule is CCCCCCCCCCCCOCCOCCOCCOCCOCCOCCOCCOCCOCCOCCOCCOCCOCCOCCOCCOCCOCCOCCOCCOCCOCCOCCOCCOCCOCCOCCOCCOCCOCCOCCOCCOCCOCCOCCOCCOCCOCCOCCOCCOCC. The van der Waals surface area contributed by atoms with Crippen molar-refractivity contribution in [1.82, 2.24) is 0 Å². The minimum absolute atomic E-state index is 0.475. The highest BCUT2D eigenvalue weighted by Gasteiger charge is 2.06. The molecule has 0 heterocycles. The summed E-state index contributed by atoms with van der Waals surface area (Å²) in [5.74, 6) is 0. The Hall–Kier alpha value is -1.60. The molecule has 0 spiro atoms. The molecule has 0 aromatic heterocycles. The molecule has 0 N–H and O–H groups in total. The maximum Gasteiger partial charge on any atom is 0.0701 e. The molecule has 0 unspecified atom stereocenters. The van der Waals surface area contributed by atoms with Gasteiger partial charge < -0.3 is 189 Å². The second-order valence-electron chi connectivity index (χ2n) is 28.3. The van der Waals surface area contributed by atoms with Crippen LogP contribution in [0.2, 0.25) is 0 Å². The van der Waals surface area contributed by atoms with Crippen LogP contribution >= 0.6 is 0 Å². The van der Waals surface area contributed by atoms with Crippen molar-refractivity contribution < 1.29 is 189 Å². The number of hydrogen-bond acceptors (Lipinski definition) is 40. The van der Waals surface area contributed by atoms with Crippen LogP contribution in [0.3, 0.4) is 0 Å². The molecule has 0 aliphatic heterocycles. The summed E-state index contributed by atoms with van der Waals surface area (Å²) in [6, 6.07) is 0. The summed E-state index contributed by atoms with van der Waals surface area (Å²) in [6.07, 6.45) is 13.3. The number of ether oxygens (including phenoxy) is 40. The van der Waals surface area contributed by atoms with Gasteiger partial charge in [-0.3, -0.25) is 0 Å². The molecule has 0 saturated heterocycles. The van der Waals surface area contributed by atoms with Crippen molar-refractivity contribution in [3.05, 3.63) is 0 Å². The summed E-state index contributed by atoms with van der Waals surface area (Å²) >= 11 is 0. The molecule has 40 nitrogen and oxygen atoms in total. The van der Waals surface area contributed by atoms with E-state index < -0.39 is 0 Å². The second-order valence-corrected chi connectivity index (χ2v) is 28.3. The van der Waals surface area contributed by atoms with E-state index in [2.05, 4.69) is 6.92 Å². The van der Waals surface area contributed by atoms with Crippen molar-refractivity contribution in [2.45, 2.75) is 78.1 Å². The molecule has 0 fully saturated rings. The van der Waals surface area contributed by atoms with E-state index in [0.717, 1.165) is 13.0 Å². The van der Waals surface area contributed by atoms with E-state index in [1.165, 1.54) is 57.8 Å². The average molecular weight is 1930 g/mol. The standard InChI is InChI=1S/C92H186O40/c1-3-5-6-7-8-9-10-11-12-13-14-94-17-18-96-21-22-98-25-26-100-29-30-102-33-34-104-37-38-106-41-42-108-45-46-110-49-50-112-53-54-114-57-58-116-61-62-118-65-66-120-69-70-122-73-74-124-77-78-126-81-82-128-85-86-130-89-90-132-92-91-131-88-87-129-84-83-127-80-79-125-76-75-123-72-71-121-68-67-119-64-63-117-60-59-115-56-55-113-52-51-111-48-47-109-44-43-107-40-39-105-36-35-103-32-31-101-28-27-99-24-23-97-20-19-95-16-15-93-4-2/h3-92H2,1-2H3. The zero-order valence-electron chi connectivity index (χ0n) is 82.0. The van der Waals surface area contributed by atoms with E-state index in [1.807, 2.05) is 6.92 Å². The van der Waals surface area contributed by atoms with Crippen LogP contribution in [0, 0.1) is 0 Å². The lowest BCUT2D eigenvalue weighted by Gasteiger charge is -2.09. The predicted octanol–water partition coefficient (Wildman–Crippen LogP) is 5.59. The summed E-state index contributed by atoms with van der Waals surface area (Å²) in [7, 11) is 0. The van der Waals surface area contributed by atoms with E-state index in [0.29, 0.717) is 522 Å². The molecule has 0 aliphatic rings. The molecule has 0 rings (SSSR count). The van der Waals surface area contributed by atoms with Crippen LogP contribution in [-0.4, -0.2) is 529 Å². The van der Waals surface area contributed by atoms with E-state index >= 15 is 0 Å². The molecule has 0 aromatic carbocycles. The van der Waals surface area contributed by atoms with Gasteiger partial charge in [0.1, 0.15) is 0 Å². The molecule has 0 aliphatic carbocycles. The van der Waals surface area contributed by atoms with E-state index in [-0.39, 0.29) is 0 Å². The Morgan fingerprint density at radius 2 is 0.136 bits per heavy atom. The van der Waals surface area contributed by atoms with E-state index in [4.69, 9.17) is 189 Å². The van der Waals surface area contributed by atoms with Gasteiger partial charge in [-0.15, -0.1) is 0 Å². The van der Waals surface area contributed by atoms with E-state index in [9.17, 15) is 0 Å². The van der Waals surface area contributed by atoms with Crippen molar-refractivity contribution >= 4 is 0 Å². The highest BCUT2D eigenvalue weighted by atomic mass is 16.6. The van der Waals surface area contributed by atoms with Crippen LogP contribution in [0.15, 0.2) is 0 Å². The maximum atomic E-state index is 5.67. The summed E-state index contributed by atoms with van der Waals surface area (Å²) < 4.78 is 221. The first kappa shape index (κ1) is 130. The third kappa shape index (κ3) is 128. The molecule has 0 bridgehead atoms. The van der Waals surface area contributed by atoms with Gasteiger partial charge >= 0.3 is 0 Å². The monoisotopic (exact) mass is 1930 g/mol. The summed E-state index contributed by atoms with van der Waals surface area (Å²) in [5.41, 5.74) is 0. The number of unbranched alkanes of at least 4 members (excludes halogenated alkanes) is 9. The number of hydrogen-bond donors (Lipinski definition) is 0. The quantitative estimate of drug-likeness (QED) is 0.0669. The van der Waals surface area contributed by atoms with Crippen molar-refractivity contribution in [3.8, 4) is 0 Å². The largest absolute Gasteiger partial charge is 0.379 e. The van der Waals surface area contributed by atoms with Crippen LogP contribution in [0.4, 0.5) is 0 Å². The molecule has 40 heteroatoms. The minimum Gasteiger partial charge on any atom is -0.379 e. The first-order chi connectivity index (χ1) is 65.9. The Morgan fingerprint density at radius 1 is 0.0682 bits per heavy atom. The zero-order chi connectivity index (χ0) is 93.9. The Bertz CT molecular complexity index is 1680. The molecular formula is C92H186O40. The summed E-state index contributed by atoms with van der Waals surface area (Å²) in [6.45, 7) is 44.4. The van der Waals surface area contributed by atoms with Gasteiger partial charge in [0.15, 0.2) is 0 Å². The molecule has 0 radical (unpaired) electrons. The first-order valence-corrected chi connectivity index (χ1v) is 49.0. The average Bonchev–Trinajstić information content (AvgIpc) is 1.11. The molecular weight excluding hydrogens is 1740 g/mol. The fourth-order valence-corrected chi connectivity index (χ4v) is 10.4. The van der Waals surface area contributed by atoms with Gasteiger partial charge in [0, 0.05) is 13.2 Å². The Balaban J connectivity index is 3.10. The molecule has 132 heavy (non-hydrogen) atoms. The van der Waals surface area contributed by atoms with Crippen molar-refractivity contribution in [1.29, 1.82) is 0 Å². The van der Waals surface area contributed by atoms with Crippen LogP contribution in [0.5, 0.6) is 0 Å². The summed E-state index contributed by atoms with van der Waals surface area (Å²) in [4.78, 5) is 0. The van der Waals surface area contributed by atoms with Gasteiger partial charge in [0.05, 0.1) is 515 Å². The Morgan fingerprint density at radius 3 is 0.220 bits per heavy atom. The summed E-state index contributed by atoms with van der Waals surface area (Å²) in [5, 5.41) is 0. The minimum atomic E-state index is 0.475. The van der Waals surface area contributed by atoms with Gasteiger partial charge in [-0.1, -0.05) is 64.7 Å². The Kier molecular flexibility index (Phi) is 128. The molecule has 0 saturated carbocycles. The van der Waals surface area contributed by atoms with Gasteiger partial charge in [0.25, 0.3) is 0 Å². The molecule has 0 amide bonds. The van der Waals surface area contributed by atoms with Gasteiger partial charge in [-0.25, -0.2) is 0 Å². The topological polar surface area (TPSA) is 369 Å². The zero-order valence-corrected chi connectivity index (χ0v) is 82.0. The van der Waals surface area contributed by atoms with Gasteiger partial charge in [-0.05, 0) is 13.3 Å². The lowest BCUT2D eigenvalue weighted by molar-refractivity contribution is -0.0328. The normalized spacial score (nSPS) is 11.9. The van der Waals surface area contributed by atoms with Gasteiger partial charge in [0.2, 0.25) is 0 Å².